The highest BCUT2D eigenvalue weighted by molar-refractivity contribution is 5.73. The number of carbonyl (C=O) groups excluding carboxylic acids is 1. The number of carboxylic acids is 2. The molecule has 0 heterocycles. The lowest BCUT2D eigenvalue weighted by molar-refractivity contribution is -0.910. The zero-order chi connectivity index (χ0) is 17.2. The Morgan fingerprint density at radius 3 is 2.27 bits per heavy atom. The van der Waals surface area contributed by atoms with Crippen LogP contribution in [-0.4, -0.2) is 51.9 Å². The van der Waals surface area contributed by atoms with Crippen molar-refractivity contribution in [1.82, 2.24) is 0 Å². The van der Waals surface area contributed by atoms with E-state index >= 15 is 0 Å². The SMILES string of the molecule is CCCCCC/C=C/[N+](CCO)(C(C)C(=O)[O-])C(C)C(=O)O. The summed E-state index contributed by atoms with van der Waals surface area (Å²) in [6.45, 7) is 4.73. The Morgan fingerprint density at radius 2 is 1.82 bits per heavy atom. The number of allylic oxidation sites excluding steroid dienone is 1. The Balaban J connectivity index is 5.23. The summed E-state index contributed by atoms with van der Waals surface area (Å²) in [6, 6.07) is -2.03. The summed E-state index contributed by atoms with van der Waals surface area (Å²) >= 11 is 0. The number of hydrogen-bond donors (Lipinski definition) is 2. The van der Waals surface area contributed by atoms with Crippen molar-refractivity contribution in [2.24, 2.45) is 0 Å². The third-order valence-electron chi connectivity index (χ3n) is 4.24. The molecule has 0 aliphatic carbocycles. The summed E-state index contributed by atoms with van der Waals surface area (Å²) in [5.74, 6) is -2.42. The van der Waals surface area contributed by atoms with Crippen LogP contribution in [0.3, 0.4) is 0 Å². The van der Waals surface area contributed by atoms with Crippen molar-refractivity contribution in [2.45, 2.75) is 65.0 Å². The van der Waals surface area contributed by atoms with Gasteiger partial charge in [0.25, 0.3) is 0 Å². The maximum atomic E-state index is 11.4. The van der Waals surface area contributed by atoms with Gasteiger partial charge in [0.05, 0.1) is 18.8 Å². The average Bonchev–Trinajstić information content (AvgIpc) is 2.47. The van der Waals surface area contributed by atoms with Gasteiger partial charge in [0.15, 0.2) is 6.04 Å². The van der Waals surface area contributed by atoms with E-state index in [1.54, 1.807) is 6.20 Å². The minimum absolute atomic E-state index is 0.0219. The Hall–Kier alpha value is -1.40. The van der Waals surface area contributed by atoms with Crippen LogP contribution in [-0.2, 0) is 9.59 Å². The monoisotopic (exact) mass is 315 g/mol. The molecule has 0 spiro atoms. The largest absolute Gasteiger partial charge is 0.544 e. The van der Waals surface area contributed by atoms with E-state index in [4.69, 9.17) is 0 Å². The van der Waals surface area contributed by atoms with Gasteiger partial charge in [-0.1, -0.05) is 26.2 Å². The molecule has 6 nitrogen and oxygen atoms in total. The molecular formula is C16H29NO5. The highest BCUT2D eigenvalue weighted by Crippen LogP contribution is 2.22. The van der Waals surface area contributed by atoms with E-state index in [1.165, 1.54) is 13.8 Å². The number of aliphatic hydroxyl groups is 1. The predicted octanol–water partition coefficient (Wildman–Crippen LogP) is 0.891. The van der Waals surface area contributed by atoms with Crippen molar-refractivity contribution < 1.29 is 29.4 Å². The maximum Gasteiger partial charge on any atom is 0.362 e. The summed E-state index contributed by atoms with van der Waals surface area (Å²) in [7, 11) is 0. The zero-order valence-electron chi connectivity index (χ0n) is 13.8. The van der Waals surface area contributed by atoms with E-state index in [0.29, 0.717) is 0 Å². The quantitative estimate of drug-likeness (QED) is 0.412. The molecule has 0 aromatic heterocycles. The van der Waals surface area contributed by atoms with Gasteiger partial charge in [0.1, 0.15) is 12.6 Å². The second kappa shape index (κ2) is 10.3. The van der Waals surface area contributed by atoms with Crippen molar-refractivity contribution in [3.63, 3.8) is 0 Å². The van der Waals surface area contributed by atoms with E-state index in [0.717, 1.165) is 32.1 Å². The second-order valence-corrected chi connectivity index (χ2v) is 5.69. The van der Waals surface area contributed by atoms with Gasteiger partial charge in [0.2, 0.25) is 0 Å². The van der Waals surface area contributed by atoms with E-state index in [-0.39, 0.29) is 17.6 Å². The molecular weight excluding hydrogens is 286 g/mol. The van der Waals surface area contributed by atoms with Crippen LogP contribution in [0.25, 0.3) is 0 Å². The van der Waals surface area contributed by atoms with Gasteiger partial charge >= 0.3 is 5.97 Å². The minimum Gasteiger partial charge on any atom is -0.544 e. The van der Waals surface area contributed by atoms with E-state index in [9.17, 15) is 24.9 Å². The van der Waals surface area contributed by atoms with Gasteiger partial charge in [-0.2, -0.15) is 0 Å². The first kappa shape index (κ1) is 20.6. The number of aliphatic hydroxyl groups excluding tert-OH is 1. The van der Waals surface area contributed by atoms with Crippen LogP contribution in [0, 0.1) is 0 Å². The molecule has 0 amide bonds. The van der Waals surface area contributed by atoms with Crippen LogP contribution in [0.15, 0.2) is 12.3 Å². The lowest BCUT2D eigenvalue weighted by Crippen LogP contribution is -2.64. The van der Waals surface area contributed by atoms with Crippen molar-refractivity contribution in [3.05, 3.63) is 12.3 Å². The van der Waals surface area contributed by atoms with E-state index in [1.807, 2.05) is 6.08 Å². The first-order chi connectivity index (χ1) is 10.3. The van der Waals surface area contributed by atoms with Crippen LogP contribution in [0.2, 0.25) is 0 Å². The Bertz CT molecular complexity index is 361. The summed E-state index contributed by atoms with van der Waals surface area (Å²) in [5.41, 5.74) is 0. The standard InChI is InChI=1S/C16H29NO5/c1-4-5-6-7-8-9-10-17(11-12-18,13(2)15(19)20)14(3)16(21)22/h9-10,13-14,18H,4-8,11-12H2,1-3H3,(H-,19,20,21,22)/b10-9+. The van der Waals surface area contributed by atoms with Crippen LogP contribution < -0.4 is 5.11 Å². The summed E-state index contributed by atoms with van der Waals surface area (Å²) in [4.78, 5) is 22.7. The van der Waals surface area contributed by atoms with Crippen molar-refractivity contribution >= 4 is 11.9 Å². The summed E-state index contributed by atoms with van der Waals surface area (Å²) in [5, 5.41) is 29.9. The molecule has 0 saturated heterocycles. The van der Waals surface area contributed by atoms with Gasteiger partial charge in [-0.25, -0.2) is 4.79 Å². The van der Waals surface area contributed by atoms with Crippen LogP contribution >= 0.6 is 0 Å². The molecule has 22 heavy (non-hydrogen) atoms. The Labute approximate surface area is 132 Å². The number of nitrogens with zero attached hydrogens (tertiary/aromatic N) is 1. The average molecular weight is 315 g/mol. The number of carbonyl (C=O) groups is 2. The lowest BCUT2D eigenvalue weighted by atomic mass is 10.1. The molecule has 0 radical (unpaired) electrons. The maximum absolute atomic E-state index is 11.4. The molecule has 2 N–H and O–H groups in total. The van der Waals surface area contributed by atoms with E-state index < -0.39 is 24.0 Å². The molecule has 128 valence electrons. The molecule has 0 fully saturated rings. The molecule has 0 aromatic rings. The van der Waals surface area contributed by atoms with Crippen molar-refractivity contribution in [2.75, 3.05) is 13.2 Å². The third-order valence-corrected chi connectivity index (χ3v) is 4.24. The molecule has 0 rings (SSSR count). The van der Waals surface area contributed by atoms with Gasteiger partial charge in [-0.05, 0) is 32.8 Å². The van der Waals surface area contributed by atoms with Crippen molar-refractivity contribution in [3.8, 4) is 0 Å². The third kappa shape index (κ3) is 5.77. The van der Waals surface area contributed by atoms with Crippen LogP contribution in [0.4, 0.5) is 0 Å². The molecule has 0 saturated carbocycles. The van der Waals surface area contributed by atoms with Crippen LogP contribution in [0.1, 0.15) is 52.9 Å². The van der Waals surface area contributed by atoms with Crippen molar-refractivity contribution in [1.29, 1.82) is 0 Å². The molecule has 0 aromatic carbocycles. The molecule has 3 atom stereocenters. The fraction of sp³-hybridized carbons (Fsp3) is 0.750. The normalized spacial score (nSPS) is 17.1. The molecule has 6 heteroatoms. The fourth-order valence-electron chi connectivity index (χ4n) is 2.59. The zero-order valence-corrected chi connectivity index (χ0v) is 13.8. The molecule has 0 bridgehead atoms. The fourth-order valence-corrected chi connectivity index (χ4v) is 2.59. The van der Waals surface area contributed by atoms with E-state index in [2.05, 4.69) is 6.92 Å². The first-order valence-electron chi connectivity index (χ1n) is 7.92. The topological polar surface area (TPSA) is 97.7 Å². The van der Waals surface area contributed by atoms with Gasteiger partial charge < -0.3 is 20.1 Å². The number of rotatable bonds is 12. The molecule has 0 aliphatic heterocycles. The van der Waals surface area contributed by atoms with Crippen LogP contribution in [0.5, 0.6) is 0 Å². The number of hydrogen-bond acceptors (Lipinski definition) is 4. The second-order valence-electron chi connectivity index (χ2n) is 5.69. The Kier molecular flexibility index (Phi) is 9.69. The number of quaternary nitrogens is 1. The summed E-state index contributed by atoms with van der Waals surface area (Å²) in [6.07, 6.45) is 8.54. The minimum atomic E-state index is -1.32. The number of carboxylic acid groups (broad SMARTS) is 2. The molecule has 3 unspecified atom stereocenters. The number of aliphatic carboxylic acids is 2. The van der Waals surface area contributed by atoms with Gasteiger partial charge in [-0.15, -0.1) is 0 Å². The van der Waals surface area contributed by atoms with Gasteiger partial charge in [-0.3, -0.25) is 4.48 Å². The Morgan fingerprint density at radius 1 is 1.18 bits per heavy atom. The lowest BCUT2D eigenvalue weighted by Gasteiger charge is -2.43. The van der Waals surface area contributed by atoms with Gasteiger partial charge in [0, 0.05) is 0 Å². The number of unbranched alkanes of at least 4 members (excludes halogenated alkanes) is 4. The highest BCUT2D eigenvalue weighted by Gasteiger charge is 2.42. The first-order valence-corrected chi connectivity index (χ1v) is 7.92. The molecule has 0 aliphatic rings. The highest BCUT2D eigenvalue weighted by atomic mass is 16.4. The smallest absolute Gasteiger partial charge is 0.362 e. The predicted molar refractivity (Wildman–Crippen MR) is 81.7 cm³/mol. The summed E-state index contributed by atoms with van der Waals surface area (Å²) < 4.78 is -0.345.